The van der Waals surface area contributed by atoms with Crippen LogP contribution in [-0.4, -0.2) is 41.2 Å². The highest BCUT2D eigenvalue weighted by atomic mass is 19.1. The number of likely N-dealkylation sites (tertiary alicyclic amines) is 2. The minimum absolute atomic E-state index is 0.157. The molecule has 0 aromatic heterocycles. The molecule has 2 heterocycles. The van der Waals surface area contributed by atoms with Gasteiger partial charge in [-0.1, -0.05) is 19.1 Å². The molecule has 0 radical (unpaired) electrons. The minimum atomic E-state index is -0.401. The van der Waals surface area contributed by atoms with E-state index < -0.39 is 5.41 Å². The molecule has 130 valence electrons. The molecule has 2 saturated heterocycles. The van der Waals surface area contributed by atoms with E-state index in [2.05, 4.69) is 0 Å². The first kappa shape index (κ1) is 16.9. The first-order chi connectivity index (χ1) is 11.5. The average Bonchev–Trinajstić information content (AvgIpc) is 3.00. The zero-order valence-corrected chi connectivity index (χ0v) is 14.3. The van der Waals surface area contributed by atoms with Gasteiger partial charge in [0, 0.05) is 32.6 Å². The van der Waals surface area contributed by atoms with E-state index in [1.54, 1.807) is 12.1 Å². The number of amides is 2. The second kappa shape index (κ2) is 6.91. The lowest BCUT2D eigenvalue weighted by Gasteiger charge is -2.39. The third-order valence-corrected chi connectivity index (χ3v) is 5.28. The van der Waals surface area contributed by atoms with Crippen LogP contribution >= 0.6 is 0 Å². The zero-order valence-electron chi connectivity index (χ0n) is 14.3. The number of rotatable bonds is 4. The van der Waals surface area contributed by atoms with Crippen molar-refractivity contribution < 1.29 is 14.0 Å². The molecule has 4 nitrogen and oxygen atoms in total. The summed E-state index contributed by atoms with van der Waals surface area (Å²) < 4.78 is 13.0. The number of nitrogens with zero attached hydrogens (tertiary/aromatic N) is 2. The van der Waals surface area contributed by atoms with Crippen LogP contribution in [0.25, 0.3) is 0 Å². The van der Waals surface area contributed by atoms with Crippen LogP contribution in [0, 0.1) is 11.2 Å². The van der Waals surface area contributed by atoms with Gasteiger partial charge in [-0.3, -0.25) is 9.59 Å². The number of halogens is 1. The number of benzene rings is 1. The van der Waals surface area contributed by atoms with Crippen molar-refractivity contribution in [3.63, 3.8) is 0 Å². The lowest BCUT2D eigenvalue weighted by atomic mass is 9.78. The van der Waals surface area contributed by atoms with Crippen molar-refractivity contribution in [2.24, 2.45) is 5.41 Å². The van der Waals surface area contributed by atoms with E-state index in [1.807, 2.05) is 16.7 Å². The summed E-state index contributed by atoms with van der Waals surface area (Å²) >= 11 is 0. The van der Waals surface area contributed by atoms with Gasteiger partial charge in [0.1, 0.15) is 5.82 Å². The first-order valence-electron chi connectivity index (χ1n) is 8.86. The highest BCUT2D eigenvalue weighted by Crippen LogP contribution is 2.40. The second-order valence-corrected chi connectivity index (χ2v) is 7.05. The standard InChI is InChI=1S/C19H25FN2O2/c1-2-4-17(23)22-12-10-19(14-22)9-3-11-21(18(19)24)13-15-5-7-16(20)8-6-15/h5-8H,2-4,9-14H2,1H3. The van der Waals surface area contributed by atoms with Crippen molar-refractivity contribution in [2.45, 2.75) is 45.6 Å². The molecule has 5 heteroatoms. The van der Waals surface area contributed by atoms with Crippen LogP contribution in [0.1, 0.15) is 44.6 Å². The van der Waals surface area contributed by atoms with E-state index in [9.17, 15) is 14.0 Å². The molecular weight excluding hydrogens is 307 g/mol. The zero-order chi connectivity index (χ0) is 17.2. The van der Waals surface area contributed by atoms with Gasteiger partial charge in [-0.05, 0) is 43.4 Å². The van der Waals surface area contributed by atoms with Crippen LogP contribution < -0.4 is 0 Å². The molecule has 0 aliphatic carbocycles. The Kier molecular flexibility index (Phi) is 4.88. The molecule has 2 aliphatic rings. The highest BCUT2D eigenvalue weighted by molar-refractivity contribution is 5.86. The molecule has 2 amide bonds. The van der Waals surface area contributed by atoms with Crippen LogP contribution in [0.15, 0.2) is 24.3 Å². The fraction of sp³-hybridized carbons (Fsp3) is 0.579. The molecule has 1 aromatic rings. The molecule has 1 atom stereocenters. The maximum absolute atomic E-state index is 13.1. The van der Waals surface area contributed by atoms with Gasteiger partial charge in [-0.15, -0.1) is 0 Å². The van der Waals surface area contributed by atoms with Crippen LogP contribution in [0.4, 0.5) is 4.39 Å². The summed E-state index contributed by atoms with van der Waals surface area (Å²) in [7, 11) is 0. The van der Waals surface area contributed by atoms with E-state index in [4.69, 9.17) is 0 Å². The number of carbonyl (C=O) groups is 2. The van der Waals surface area contributed by atoms with Crippen LogP contribution in [0.3, 0.4) is 0 Å². The molecule has 2 aliphatic heterocycles. The quantitative estimate of drug-likeness (QED) is 0.850. The van der Waals surface area contributed by atoms with Crippen molar-refractivity contribution in [3.8, 4) is 0 Å². The van der Waals surface area contributed by atoms with E-state index in [0.717, 1.165) is 37.8 Å². The van der Waals surface area contributed by atoms with Crippen molar-refractivity contribution >= 4 is 11.8 Å². The normalized spacial score (nSPS) is 24.0. The Hall–Kier alpha value is -1.91. The molecule has 24 heavy (non-hydrogen) atoms. The predicted molar refractivity (Wildman–Crippen MR) is 89.6 cm³/mol. The van der Waals surface area contributed by atoms with Crippen molar-refractivity contribution in [1.82, 2.24) is 9.80 Å². The highest BCUT2D eigenvalue weighted by Gasteiger charge is 2.49. The summed E-state index contributed by atoms with van der Waals surface area (Å²) in [6, 6.07) is 6.33. The number of piperidine rings is 1. The van der Waals surface area contributed by atoms with Gasteiger partial charge in [0.15, 0.2) is 0 Å². The van der Waals surface area contributed by atoms with Gasteiger partial charge in [0.2, 0.25) is 11.8 Å². The van der Waals surface area contributed by atoms with Gasteiger partial charge in [0.05, 0.1) is 5.41 Å². The van der Waals surface area contributed by atoms with Gasteiger partial charge in [-0.2, -0.15) is 0 Å². The summed E-state index contributed by atoms with van der Waals surface area (Å²) in [5.74, 6) is 0.0590. The Balaban J connectivity index is 1.69. The molecule has 3 rings (SSSR count). The Morgan fingerprint density at radius 3 is 2.67 bits per heavy atom. The molecule has 1 unspecified atom stereocenters. The summed E-state index contributed by atoms with van der Waals surface area (Å²) in [5.41, 5.74) is 0.542. The predicted octanol–water partition coefficient (Wildman–Crippen LogP) is 2.97. The van der Waals surface area contributed by atoms with Gasteiger partial charge in [-0.25, -0.2) is 4.39 Å². The Morgan fingerprint density at radius 2 is 1.96 bits per heavy atom. The van der Waals surface area contributed by atoms with Gasteiger partial charge < -0.3 is 9.80 Å². The summed E-state index contributed by atoms with van der Waals surface area (Å²) in [6.45, 7) is 4.50. The molecule has 1 spiro atoms. The van der Waals surface area contributed by atoms with Crippen molar-refractivity contribution in [2.75, 3.05) is 19.6 Å². The number of carbonyl (C=O) groups excluding carboxylic acids is 2. The lowest BCUT2D eigenvalue weighted by Crippen LogP contribution is -2.50. The van der Waals surface area contributed by atoms with Crippen LogP contribution in [-0.2, 0) is 16.1 Å². The fourth-order valence-corrected chi connectivity index (χ4v) is 3.95. The third-order valence-electron chi connectivity index (χ3n) is 5.28. The molecule has 0 N–H and O–H groups in total. The SMILES string of the molecule is CCCC(=O)N1CCC2(CCCN(Cc3ccc(F)cc3)C2=O)C1. The number of hydrogen-bond donors (Lipinski definition) is 0. The number of hydrogen-bond acceptors (Lipinski definition) is 2. The molecule has 2 fully saturated rings. The minimum Gasteiger partial charge on any atom is -0.342 e. The third kappa shape index (κ3) is 3.30. The van der Waals surface area contributed by atoms with Crippen LogP contribution in [0.5, 0.6) is 0 Å². The van der Waals surface area contributed by atoms with E-state index in [0.29, 0.717) is 26.1 Å². The van der Waals surface area contributed by atoms with E-state index >= 15 is 0 Å². The Bertz CT molecular complexity index is 616. The van der Waals surface area contributed by atoms with Gasteiger partial charge in [0.25, 0.3) is 0 Å². The van der Waals surface area contributed by atoms with Crippen LogP contribution in [0.2, 0.25) is 0 Å². The first-order valence-corrected chi connectivity index (χ1v) is 8.86. The Labute approximate surface area is 142 Å². The van der Waals surface area contributed by atoms with Crippen molar-refractivity contribution in [3.05, 3.63) is 35.6 Å². The monoisotopic (exact) mass is 332 g/mol. The molecule has 0 bridgehead atoms. The van der Waals surface area contributed by atoms with Gasteiger partial charge >= 0.3 is 0 Å². The lowest BCUT2D eigenvalue weighted by molar-refractivity contribution is -0.146. The summed E-state index contributed by atoms with van der Waals surface area (Å²) in [4.78, 5) is 29.0. The smallest absolute Gasteiger partial charge is 0.230 e. The topological polar surface area (TPSA) is 40.6 Å². The average molecular weight is 332 g/mol. The second-order valence-electron chi connectivity index (χ2n) is 7.05. The summed E-state index contributed by atoms with van der Waals surface area (Å²) in [6.07, 6.45) is 3.99. The maximum atomic E-state index is 13.1. The molecule has 1 aromatic carbocycles. The fourth-order valence-electron chi connectivity index (χ4n) is 3.95. The summed E-state index contributed by atoms with van der Waals surface area (Å²) in [5, 5.41) is 0. The largest absolute Gasteiger partial charge is 0.342 e. The molecule has 0 saturated carbocycles. The van der Waals surface area contributed by atoms with E-state index in [1.165, 1.54) is 12.1 Å². The Morgan fingerprint density at radius 1 is 1.21 bits per heavy atom. The van der Waals surface area contributed by atoms with E-state index in [-0.39, 0.29) is 17.6 Å². The maximum Gasteiger partial charge on any atom is 0.230 e. The van der Waals surface area contributed by atoms with Crippen molar-refractivity contribution in [1.29, 1.82) is 0 Å². The molecular formula is C19H25FN2O2.